The zero-order valence-electron chi connectivity index (χ0n) is 10.5. The highest BCUT2D eigenvalue weighted by atomic mass is 18.2. The largest absolute Gasteiger partial charge is 0.469 e. The molecule has 0 saturated carbocycles. The van der Waals surface area contributed by atoms with Gasteiger partial charge >= 0.3 is 5.97 Å². The summed E-state index contributed by atoms with van der Waals surface area (Å²) in [4.78, 5) is 11.9. The Kier molecular flexibility index (Phi) is 4.31. The SMILES string of the molecule is COC(=O)C(c1ccc([18F])cc1)C1CCCCN1. The van der Waals surface area contributed by atoms with Gasteiger partial charge in [0, 0.05) is 6.04 Å². The molecule has 0 amide bonds. The van der Waals surface area contributed by atoms with Gasteiger partial charge in [0.15, 0.2) is 0 Å². The van der Waals surface area contributed by atoms with Gasteiger partial charge in [-0.25, -0.2) is 4.39 Å². The third-order valence-corrected chi connectivity index (χ3v) is 3.44. The van der Waals surface area contributed by atoms with Crippen LogP contribution in [0.1, 0.15) is 30.7 Å². The number of methoxy groups -OCH3 is 1. The van der Waals surface area contributed by atoms with Crippen molar-refractivity contribution in [3.63, 3.8) is 0 Å². The van der Waals surface area contributed by atoms with E-state index >= 15 is 0 Å². The van der Waals surface area contributed by atoms with Crippen LogP contribution in [0.15, 0.2) is 24.3 Å². The van der Waals surface area contributed by atoms with Crippen molar-refractivity contribution in [2.75, 3.05) is 13.7 Å². The van der Waals surface area contributed by atoms with Gasteiger partial charge < -0.3 is 10.1 Å². The predicted molar refractivity (Wildman–Crippen MR) is 66.8 cm³/mol. The summed E-state index contributed by atoms with van der Waals surface area (Å²) in [7, 11) is 1.39. The molecular formula is C14H18FNO2. The van der Waals surface area contributed by atoms with Crippen molar-refractivity contribution >= 4 is 5.97 Å². The predicted octanol–water partition coefficient (Wildman–Crippen LogP) is 2.22. The molecule has 2 atom stereocenters. The van der Waals surface area contributed by atoms with E-state index in [1.54, 1.807) is 12.1 Å². The van der Waals surface area contributed by atoms with Gasteiger partial charge in [-0.05, 0) is 37.1 Å². The molecule has 0 spiro atoms. The first-order valence-electron chi connectivity index (χ1n) is 6.29. The van der Waals surface area contributed by atoms with Crippen LogP contribution >= 0.6 is 0 Å². The van der Waals surface area contributed by atoms with Crippen molar-refractivity contribution in [2.45, 2.75) is 31.2 Å². The van der Waals surface area contributed by atoms with Gasteiger partial charge in [-0.3, -0.25) is 4.79 Å². The number of carbonyl (C=O) groups excluding carboxylic acids is 1. The lowest BCUT2D eigenvalue weighted by Crippen LogP contribution is -2.42. The molecule has 3 nitrogen and oxygen atoms in total. The van der Waals surface area contributed by atoms with Crippen LogP contribution in [0.2, 0.25) is 0 Å². The first-order chi connectivity index (χ1) is 8.72. The number of nitrogens with one attached hydrogen (secondary N) is 1. The first-order valence-corrected chi connectivity index (χ1v) is 6.29. The van der Waals surface area contributed by atoms with Gasteiger partial charge in [0.2, 0.25) is 0 Å². The van der Waals surface area contributed by atoms with Crippen molar-refractivity contribution in [3.05, 3.63) is 35.6 Å². The molecule has 2 unspecified atom stereocenters. The Morgan fingerprint density at radius 2 is 2.11 bits per heavy atom. The third-order valence-electron chi connectivity index (χ3n) is 3.44. The Morgan fingerprint density at radius 1 is 1.39 bits per heavy atom. The van der Waals surface area contributed by atoms with Gasteiger partial charge in [0.05, 0.1) is 13.0 Å². The minimum Gasteiger partial charge on any atom is -0.469 e. The fourth-order valence-corrected chi connectivity index (χ4v) is 2.49. The molecule has 1 heterocycles. The third kappa shape index (κ3) is 2.88. The molecule has 4 heteroatoms. The van der Waals surface area contributed by atoms with E-state index in [2.05, 4.69) is 5.32 Å². The number of rotatable bonds is 3. The fourth-order valence-electron chi connectivity index (χ4n) is 2.49. The summed E-state index contributed by atoms with van der Waals surface area (Å²) in [5.74, 6) is -0.907. The van der Waals surface area contributed by atoms with Crippen LogP contribution in [-0.4, -0.2) is 25.7 Å². The average Bonchev–Trinajstić information content (AvgIpc) is 2.42. The number of halogens is 1. The number of carbonyl (C=O) groups is 1. The molecule has 98 valence electrons. The van der Waals surface area contributed by atoms with Gasteiger partial charge in [0.1, 0.15) is 5.82 Å². The van der Waals surface area contributed by atoms with E-state index < -0.39 is 0 Å². The molecular weight excluding hydrogens is 232 g/mol. The minimum absolute atomic E-state index is 0.0802. The quantitative estimate of drug-likeness (QED) is 0.836. The highest BCUT2D eigenvalue weighted by molar-refractivity contribution is 5.79. The zero-order valence-corrected chi connectivity index (χ0v) is 10.5. The number of esters is 1. The molecule has 0 aromatic heterocycles. The number of piperidine rings is 1. The normalized spacial score (nSPS) is 21.3. The maximum Gasteiger partial charge on any atom is 0.314 e. The Hall–Kier alpha value is -1.42. The lowest BCUT2D eigenvalue weighted by Gasteiger charge is -2.30. The molecule has 1 aliphatic rings. The summed E-state index contributed by atoms with van der Waals surface area (Å²) in [6.45, 7) is 0.916. The standard InChI is InChI=1S/C14H18FNO2/c1-18-14(17)13(12-4-2-3-9-16-12)10-5-7-11(15)8-6-10/h5-8,12-13,16H,2-4,9H2,1H3/i15-1. The molecule has 1 aliphatic heterocycles. The van der Waals surface area contributed by atoms with Crippen LogP contribution in [0.25, 0.3) is 0 Å². The van der Waals surface area contributed by atoms with E-state index in [1.807, 2.05) is 0 Å². The van der Waals surface area contributed by atoms with Crippen LogP contribution < -0.4 is 5.32 Å². The fraction of sp³-hybridized carbons (Fsp3) is 0.500. The lowest BCUT2D eigenvalue weighted by molar-refractivity contribution is -0.143. The number of ether oxygens (including phenoxy) is 1. The summed E-state index contributed by atoms with van der Waals surface area (Å²) in [6.07, 6.45) is 3.18. The van der Waals surface area contributed by atoms with E-state index in [0.29, 0.717) is 0 Å². The maximum absolute atomic E-state index is 12.9. The van der Waals surface area contributed by atoms with Crippen LogP contribution in [0.5, 0.6) is 0 Å². The molecule has 1 aromatic rings. The second-order valence-corrected chi connectivity index (χ2v) is 4.61. The Bertz CT molecular complexity index is 399. The highest BCUT2D eigenvalue weighted by Gasteiger charge is 2.31. The molecule has 0 aliphatic carbocycles. The minimum atomic E-state index is -0.351. The molecule has 1 fully saturated rings. The molecule has 1 saturated heterocycles. The van der Waals surface area contributed by atoms with Crippen molar-refractivity contribution in [3.8, 4) is 0 Å². The second kappa shape index (κ2) is 5.96. The van der Waals surface area contributed by atoms with Crippen molar-refractivity contribution in [1.82, 2.24) is 5.32 Å². The van der Waals surface area contributed by atoms with Crippen LogP contribution in [-0.2, 0) is 9.53 Å². The van der Waals surface area contributed by atoms with E-state index in [9.17, 15) is 9.18 Å². The summed E-state index contributed by atoms with van der Waals surface area (Å²) in [5.41, 5.74) is 0.808. The van der Waals surface area contributed by atoms with Gasteiger partial charge in [-0.2, -0.15) is 0 Å². The smallest absolute Gasteiger partial charge is 0.314 e. The number of hydrogen-bond donors (Lipinski definition) is 1. The van der Waals surface area contributed by atoms with Crippen LogP contribution in [0.3, 0.4) is 0 Å². The maximum atomic E-state index is 12.9. The van der Waals surface area contributed by atoms with Gasteiger partial charge in [0.25, 0.3) is 0 Å². The Labute approximate surface area is 106 Å². The van der Waals surface area contributed by atoms with E-state index in [-0.39, 0.29) is 23.7 Å². The zero-order chi connectivity index (χ0) is 13.0. The van der Waals surface area contributed by atoms with E-state index in [0.717, 1.165) is 31.4 Å². The number of benzene rings is 1. The molecule has 1 N–H and O–H groups in total. The van der Waals surface area contributed by atoms with Gasteiger partial charge in [-0.15, -0.1) is 0 Å². The molecule has 18 heavy (non-hydrogen) atoms. The van der Waals surface area contributed by atoms with Crippen molar-refractivity contribution in [2.24, 2.45) is 0 Å². The number of hydrogen-bond acceptors (Lipinski definition) is 3. The molecule has 1 aromatic carbocycles. The summed E-state index contributed by atoms with van der Waals surface area (Å²) in [6, 6.07) is 6.17. The topological polar surface area (TPSA) is 38.3 Å². The average molecular weight is 250 g/mol. The highest BCUT2D eigenvalue weighted by Crippen LogP contribution is 2.26. The van der Waals surface area contributed by atoms with Gasteiger partial charge in [-0.1, -0.05) is 18.6 Å². The van der Waals surface area contributed by atoms with E-state index in [4.69, 9.17) is 4.74 Å². The molecule has 2 rings (SSSR count). The molecule has 0 radical (unpaired) electrons. The van der Waals surface area contributed by atoms with Crippen LogP contribution in [0.4, 0.5) is 4.39 Å². The van der Waals surface area contributed by atoms with Crippen molar-refractivity contribution in [1.29, 1.82) is 0 Å². The lowest BCUT2D eigenvalue weighted by atomic mass is 9.86. The summed E-state index contributed by atoms with van der Waals surface area (Å²) < 4.78 is 17.8. The monoisotopic (exact) mass is 250 g/mol. The Balaban J connectivity index is 2.23. The summed E-state index contributed by atoms with van der Waals surface area (Å²) >= 11 is 0. The molecule has 0 bridgehead atoms. The first kappa shape index (κ1) is 13.0. The second-order valence-electron chi connectivity index (χ2n) is 4.61. The Morgan fingerprint density at radius 3 is 2.67 bits per heavy atom. The van der Waals surface area contributed by atoms with E-state index in [1.165, 1.54) is 19.2 Å². The van der Waals surface area contributed by atoms with Crippen LogP contribution in [0, 0.1) is 5.82 Å². The van der Waals surface area contributed by atoms with Crippen molar-refractivity contribution < 1.29 is 13.9 Å². The summed E-state index contributed by atoms with van der Waals surface area (Å²) in [5, 5.41) is 3.35.